The van der Waals surface area contributed by atoms with Gasteiger partial charge in [0, 0.05) is 12.5 Å². The van der Waals surface area contributed by atoms with Crippen LogP contribution in [0, 0.1) is 11.7 Å². The molecule has 2 unspecified atom stereocenters. The first-order valence-electron chi connectivity index (χ1n) is 6.86. The summed E-state index contributed by atoms with van der Waals surface area (Å²) in [5.74, 6) is -0.0296. The van der Waals surface area contributed by atoms with E-state index in [0.29, 0.717) is 0 Å². The van der Waals surface area contributed by atoms with Crippen molar-refractivity contribution in [2.24, 2.45) is 5.92 Å². The van der Waals surface area contributed by atoms with E-state index < -0.39 is 5.60 Å². The van der Waals surface area contributed by atoms with Gasteiger partial charge in [0.05, 0.1) is 5.60 Å². The van der Waals surface area contributed by atoms with Gasteiger partial charge in [-0.3, -0.25) is 0 Å². The van der Waals surface area contributed by atoms with Gasteiger partial charge < -0.3 is 10.4 Å². The number of nitrogens with one attached hydrogen (secondary N) is 1. The minimum atomic E-state index is -0.797. The maximum atomic E-state index is 13.0. The summed E-state index contributed by atoms with van der Waals surface area (Å²) in [6.45, 7) is 3.81. The maximum absolute atomic E-state index is 13.0. The minimum absolute atomic E-state index is 0.219. The monoisotopic (exact) mass is 251 g/mol. The van der Waals surface area contributed by atoms with Crippen molar-refractivity contribution in [3.05, 3.63) is 35.6 Å². The van der Waals surface area contributed by atoms with Crippen LogP contribution in [0.25, 0.3) is 0 Å². The van der Waals surface area contributed by atoms with Gasteiger partial charge in [-0.1, -0.05) is 31.9 Å². The summed E-state index contributed by atoms with van der Waals surface area (Å²) < 4.78 is 13.0. The molecule has 100 valence electrons. The zero-order valence-corrected chi connectivity index (χ0v) is 11.0. The predicted molar refractivity (Wildman–Crippen MR) is 70.8 cm³/mol. The molecule has 1 aliphatic rings. The number of halogens is 1. The first kappa shape index (κ1) is 13.5. The number of aliphatic hydroxyl groups is 1. The maximum Gasteiger partial charge on any atom is 0.123 e. The van der Waals surface area contributed by atoms with Crippen molar-refractivity contribution in [1.29, 1.82) is 0 Å². The van der Waals surface area contributed by atoms with E-state index in [1.54, 1.807) is 12.1 Å². The largest absolute Gasteiger partial charge is 0.385 e. The molecular formula is C15H22FNO. The van der Waals surface area contributed by atoms with Gasteiger partial charge in [-0.15, -0.1) is 0 Å². The molecule has 1 fully saturated rings. The Kier molecular flexibility index (Phi) is 4.36. The van der Waals surface area contributed by atoms with E-state index in [2.05, 4.69) is 12.2 Å². The van der Waals surface area contributed by atoms with Crippen molar-refractivity contribution in [3.63, 3.8) is 0 Å². The summed E-state index contributed by atoms with van der Waals surface area (Å²) in [6, 6.07) is 6.32. The van der Waals surface area contributed by atoms with Crippen LogP contribution >= 0.6 is 0 Å². The van der Waals surface area contributed by atoms with Crippen LogP contribution in [0.2, 0.25) is 0 Å². The van der Waals surface area contributed by atoms with Gasteiger partial charge in [0.25, 0.3) is 0 Å². The molecule has 1 saturated carbocycles. The molecule has 18 heavy (non-hydrogen) atoms. The van der Waals surface area contributed by atoms with Crippen molar-refractivity contribution < 1.29 is 9.50 Å². The van der Waals surface area contributed by atoms with Crippen LogP contribution in [0.3, 0.4) is 0 Å². The number of hydrogen-bond donors (Lipinski definition) is 2. The molecule has 0 radical (unpaired) electrons. The Hall–Kier alpha value is -0.930. The van der Waals surface area contributed by atoms with Crippen LogP contribution in [0.4, 0.5) is 4.39 Å². The Morgan fingerprint density at radius 1 is 1.33 bits per heavy atom. The highest BCUT2D eigenvalue weighted by Gasteiger charge is 2.39. The van der Waals surface area contributed by atoms with Crippen molar-refractivity contribution in [2.75, 3.05) is 13.1 Å². The Bertz CT molecular complexity index is 379. The molecule has 2 nitrogen and oxygen atoms in total. The second-order valence-corrected chi connectivity index (χ2v) is 5.18. The van der Waals surface area contributed by atoms with E-state index >= 15 is 0 Å². The molecule has 0 bridgehead atoms. The fourth-order valence-electron chi connectivity index (χ4n) is 2.94. The van der Waals surface area contributed by atoms with Crippen molar-refractivity contribution in [3.8, 4) is 0 Å². The lowest BCUT2D eigenvalue weighted by molar-refractivity contribution is -0.0534. The van der Waals surface area contributed by atoms with E-state index in [1.807, 2.05) is 0 Å². The number of hydrogen-bond acceptors (Lipinski definition) is 2. The van der Waals surface area contributed by atoms with Crippen molar-refractivity contribution in [1.82, 2.24) is 5.32 Å². The molecule has 0 aromatic heterocycles. The molecule has 1 aromatic rings. The molecule has 3 heteroatoms. The van der Waals surface area contributed by atoms with E-state index in [1.165, 1.54) is 18.6 Å². The first-order valence-corrected chi connectivity index (χ1v) is 6.86. The molecule has 2 atom stereocenters. The normalized spacial score (nSPS) is 28.3. The van der Waals surface area contributed by atoms with Gasteiger partial charge >= 0.3 is 0 Å². The third-order valence-electron chi connectivity index (χ3n) is 4.02. The highest BCUT2D eigenvalue weighted by molar-refractivity contribution is 5.24. The molecule has 0 heterocycles. The topological polar surface area (TPSA) is 32.3 Å². The average molecular weight is 251 g/mol. The molecule has 1 aromatic carbocycles. The van der Waals surface area contributed by atoms with Crippen LogP contribution in [-0.4, -0.2) is 18.2 Å². The third kappa shape index (κ3) is 2.73. The molecule has 2 rings (SSSR count). The van der Waals surface area contributed by atoms with Gasteiger partial charge in [-0.05, 0) is 37.1 Å². The Morgan fingerprint density at radius 3 is 2.72 bits per heavy atom. The number of benzene rings is 1. The molecule has 0 amide bonds. The van der Waals surface area contributed by atoms with Crippen molar-refractivity contribution in [2.45, 2.75) is 38.2 Å². The zero-order chi connectivity index (χ0) is 13.0. The molecule has 2 N–H and O–H groups in total. The van der Waals surface area contributed by atoms with Crippen LogP contribution in [0.15, 0.2) is 24.3 Å². The van der Waals surface area contributed by atoms with Crippen molar-refractivity contribution >= 4 is 0 Å². The first-order chi connectivity index (χ1) is 8.66. The molecule has 0 aliphatic heterocycles. The summed E-state index contributed by atoms with van der Waals surface area (Å²) in [7, 11) is 0. The predicted octanol–water partition coefficient (Wildman–Crippen LogP) is 2.81. The highest BCUT2D eigenvalue weighted by Crippen LogP contribution is 2.41. The average Bonchev–Trinajstić information content (AvgIpc) is 2.38. The van der Waals surface area contributed by atoms with Gasteiger partial charge in [-0.25, -0.2) is 4.39 Å². The summed E-state index contributed by atoms with van der Waals surface area (Å²) >= 11 is 0. The lowest BCUT2D eigenvalue weighted by atomic mass is 9.71. The van der Waals surface area contributed by atoms with E-state index in [9.17, 15) is 9.50 Å². The second-order valence-electron chi connectivity index (χ2n) is 5.18. The fraction of sp³-hybridized carbons (Fsp3) is 0.600. The Balaban J connectivity index is 2.21. The smallest absolute Gasteiger partial charge is 0.123 e. The van der Waals surface area contributed by atoms with Crippen LogP contribution < -0.4 is 5.32 Å². The van der Waals surface area contributed by atoms with E-state index in [4.69, 9.17) is 0 Å². The van der Waals surface area contributed by atoms with Crippen LogP contribution in [0.5, 0.6) is 0 Å². The van der Waals surface area contributed by atoms with Gasteiger partial charge in [0.15, 0.2) is 0 Å². The van der Waals surface area contributed by atoms with E-state index in [-0.39, 0.29) is 11.7 Å². The third-order valence-corrected chi connectivity index (χ3v) is 4.02. The second kappa shape index (κ2) is 5.81. The lowest BCUT2D eigenvalue weighted by Crippen LogP contribution is -2.43. The number of rotatable bonds is 4. The SMILES string of the molecule is CCNCC1CCCCC1(O)c1ccc(F)cc1. The fourth-order valence-corrected chi connectivity index (χ4v) is 2.94. The summed E-state index contributed by atoms with van der Waals surface area (Å²) in [5, 5.41) is 14.3. The van der Waals surface area contributed by atoms with Gasteiger partial charge in [0.2, 0.25) is 0 Å². The van der Waals surface area contributed by atoms with Gasteiger partial charge in [0.1, 0.15) is 5.82 Å². The van der Waals surface area contributed by atoms with Crippen LogP contribution in [-0.2, 0) is 5.60 Å². The molecule has 0 saturated heterocycles. The standard InChI is InChI=1S/C15H22FNO/c1-2-17-11-13-5-3-4-10-15(13,18)12-6-8-14(16)9-7-12/h6-9,13,17-18H,2-5,10-11H2,1H3. The summed E-state index contributed by atoms with van der Waals surface area (Å²) in [4.78, 5) is 0. The van der Waals surface area contributed by atoms with Gasteiger partial charge in [-0.2, -0.15) is 0 Å². The molecule has 0 spiro atoms. The summed E-state index contributed by atoms with van der Waals surface area (Å²) in [5.41, 5.74) is 0.0557. The van der Waals surface area contributed by atoms with E-state index in [0.717, 1.165) is 37.9 Å². The lowest BCUT2D eigenvalue weighted by Gasteiger charge is -2.40. The van der Waals surface area contributed by atoms with Crippen LogP contribution in [0.1, 0.15) is 38.2 Å². The highest BCUT2D eigenvalue weighted by atomic mass is 19.1. The summed E-state index contributed by atoms with van der Waals surface area (Å²) in [6.07, 6.45) is 4.01. The Labute approximate surface area is 108 Å². The Morgan fingerprint density at radius 2 is 2.06 bits per heavy atom. The molecular weight excluding hydrogens is 229 g/mol. The minimum Gasteiger partial charge on any atom is -0.385 e. The molecule has 1 aliphatic carbocycles. The quantitative estimate of drug-likeness (QED) is 0.862. The zero-order valence-electron chi connectivity index (χ0n) is 11.0.